The Bertz CT molecular complexity index is 633. The zero-order chi connectivity index (χ0) is 16.8. The average Bonchev–Trinajstić information content (AvgIpc) is 2.66. The van der Waals surface area contributed by atoms with E-state index >= 15 is 0 Å². The lowest BCUT2D eigenvalue weighted by Gasteiger charge is -2.39. The first-order valence-electron chi connectivity index (χ1n) is 8.05. The Balaban J connectivity index is 1.65. The van der Waals surface area contributed by atoms with E-state index in [9.17, 15) is 4.79 Å². The molecule has 0 radical (unpaired) electrons. The number of hydrogen-bond acceptors (Lipinski definition) is 2. The van der Waals surface area contributed by atoms with Gasteiger partial charge in [0.05, 0.1) is 4.47 Å². The Kier molecular flexibility index (Phi) is 4.43. The van der Waals surface area contributed by atoms with Gasteiger partial charge >= 0.3 is 0 Å². The first-order valence-corrected chi connectivity index (χ1v) is 9.22. The van der Waals surface area contributed by atoms with E-state index in [1.54, 1.807) is 18.2 Å². The van der Waals surface area contributed by atoms with Crippen LogP contribution >= 0.6 is 27.5 Å². The highest BCUT2D eigenvalue weighted by Gasteiger charge is 2.50. The third-order valence-corrected chi connectivity index (χ3v) is 5.84. The minimum atomic E-state index is 0.0766. The number of hydrogen-bond donors (Lipinski definition) is 0. The molecule has 1 amide bonds. The van der Waals surface area contributed by atoms with E-state index in [-0.39, 0.29) is 17.9 Å². The van der Waals surface area contributed by atoms with Crippen LogP contribution in [0.4, 0.5) is 0 Å². The van der Waals surface area contributed by atoms with Crippen LogP contribution in [0.2, 0.25) is 5.02 Å². The molecule has 1 saturated heterocycles. The van der Waals surface area contributed by atoms with Crippen molar-refractivity contribution in [3.8, 4) is 5.75 Å². The topological polar surface area (TPSA) is 29.5 Å². The molecule has 0 spiro atoms. The van der Waals surface area contributed by atoms with Gasteiger partial charge in [-0.1, -0.05) is 32.4 Å². The molecule has 2 fully saturated rings. The summed E-state index contributed by atoms with van der Waals surface area (Å²) in [4.78, 5) is 14.7. The number of fused-ring (bicyclic) bond motifs is 2. The van der Waals surface area contributed by atoms with Crippen LogP contribution in [0.5, 0.6) is 5.75 Å². The zero-order valence-corrected chi connectivity index (χ0v) is 16.2. The van der Waals surface area contributed by atoms with E-state index in [4.69, 9.17) is 16.3 Å². The molecule has 1 heterocycles. The monoisotopic (exact) mass is 399 g/mol. The Morgan fingerprint density at radius 1 is 1.39 bits per heavy atom. The molecule has 2 atom stereocenters. The first-order chi connectivity index (χ1) is 10.7. The molecule has 23 heavy (non-hydrogen) atoms. The third-order valence-electron chi connectivity index (χ3n) is 4.98. The molecular formula is C18H23BrClNO2. The molecule has 126 valence electrons. The lowest BCUT2D eigenvalue weighted by Crippen LogP contribution is -2.40. The molecular weight excluding hydrogens is 378 g/mol. The summed E-state index contributed by atoms with van der Waals surface area (Å²) in [5.41, 5.74) is 0.565. The third kappa shape index (κ3) is 3.69. The van der Waals surface area contributed by atoms with Gasteiger partial charge < -0.3 is 9.64 Å². The van der Waals surface area contributed by atoms with E-state index in [0.717, 1.165) is 23.9 Å². The molecule has 2 aliphatic rings. The van der Waals surface area contributed by atoms with Crippen molar-refractivity contribution in [2.24, 2.45) is 10.8 Å². The first kappa shape index (κ1) is 17.1. The van der Waals surface area contributed by atoms with Gasteiger partial charge in [-0.05, 0) is 64.2 Å². The normalized spacial score (nSPS) is 28.7. The molecule has 1 saturated carbocycles. The molecule has 3 nitrogen and oxygen atoms in total. The van der Waals surface area contributed by atoms with Crippen molar-refractivity contribution >= 4 is 33.4 Å². The van der Waals surface area contributed by atoms with Crippen molar-refractivity contribution in [1.82, 2.24) is 4.90 Å². The van der Waals surface area contributed by atoms with Crippen LogP contribution in [0.1, 0.15) is 40.0 Å². The second kappa shape index (κ2) is 5.96. The summed E-state index contributed by atoms with van der Waals surface area (Å²) < 4.78 is 6.47. The molecule has 0 unspecified atom stereocenters. The van der Waals surface area contributed by atoms with Gasteiger partial charge in [-0.15, -0.1) is 0 Å². The van der Waals surface area contributed by atoms with Gasteiger partial charge in [0.15, 0.2) is 6.61 Å². The van der Waals surface area contributed by atoms with Crippen molar-refractivity contribution in [2.45, 2.75) is 46.1 Å². The van der Waals surface area contributed by atoms with E-state index in [0.29, 0.717) is 22.2 Å². The van der Waals surface area contributed by atoms with Crippen LogP contribution in [-0.2, 0) is 4.79 Å². The second-order valence-corrected chi connectivity index (χ2v) is 9.39. The fourth-order valence-electron chi connectivity index (χ4n) is 4.57. The molecule has 2 bridgehead atoms. The summed E-state index contributed by atoms with van der Waals surface area (Å²) in [6, 6.07) is 5.67. The Labute approximate surface area is 151 Å². The van der Waals surface area contributed by atoms with Crippen LogP contribution in [-0.4, -0.2) is 30.0 Å². The molecule has 0 aromatic heterocycles. The predicted octanol–water partition coefficient (Wildman–Crippen LogP) is 4.91. The number of ether oxygens (including phenoxy) is 1. The number of carbonyl (C=O) groups is 1. The van der Waals surface area contributed by atoms with Gasteiger partial charge in [0.1, 0.15) is 5.75 Å². The highest BCUT2D eigenvalue weighted by Crippen LogP contribution is 2.52. The van der Waals surface area contributed by atoms with Crippen molar-refractivity contribution in [1.29, 1.82) is 0 Å². The van der Waals surface area contributed by atoms with Gasteiger partial charge in [-0.3, -0.25) is 4.79 Å². The molecule has 1 aromatic rings. The lowest BCUT2D eigenvalue weighted by atomic mass is 9.65. The maximum atomic E-state index is 12.7. The SMILES string of the molecule is CC1(C)C[C@@H]2C[C@](C)(CN2C(=O)COc2ccc(Cl)cc2Br)C1. The van der Waals surface area contributed by atoms with E-state index in [1.165, 1.54) is 6.42 Å². The molecule has 0 N–H and O–H groups in total. The highest BCUT2D eigenvalue weighted by molar-refractivity contribution is 9.10. The highest BCUT2D eigenvalue weighted by atomic mass is 79.9. The number of nitrogens with zero attached hydrogens (tertiary/aromatic N) is 1. The van der Waals surface area contributed by atoms with Crippen molar-refractivity contribution < 1.29 is 9.53 Å². The summed E-state index contributed by atoms with van der Waals surface area (Å²) in [5.74, 6) is 0.731. The minimum Gasteiger partial charge on any atom is -0.483 e. The average molecular weight is 401 g/mol. The van der Waals surface area contributed by atoms with Crippen LogP contribution in [0, 0.1) is 10.8 Å². The largest absolute Gasteiger partial charge is 0.483 e. The Hall–Kier alpha value is -0.740. The number of carbonyl (C=O) groups excluding carboxylic acids is 1. The maximum absolute atomic E-state index is 12.7. The molecule has 1 aliphatic heterocycles. The summed E-state index contributed by atoms with van der Waals surface area (Å²) >= 11 is 9.34. The number of benzene rings is 1. The van der Waals surface area contributed by atoms with Crippen LogP contribution < -0.4 is 4.74 Å². The van der Waals surface area contributed by atoms with Gasteiger partial charge in [-0.25, -0.2) is 0 Å². The fourth-order valence-corrected chi connectivity index (χ4v) is 5.36. The summed E-state index contributed by atoms with van der Waals surface area (Å²) in [6.45, 7) is 7.86. The Morgan fingerprint density at radius 2 is 2.13 bits per heavy atom. The summed E-state index contributed by atoms with van der Waals surface area (Å²) in [5, 5.41) is 0.638. The summed E-state index contributed by atoms with van der Waals surface area (Å²) in [6.07, 6.45) is 3.38. The Morgan fingerprint density at radius 3 is 2.83 bits per heavy atom. The fraction of sp³-hybridized carbons (Fsp3) is 0.611. The van der Waals surface area contributed by atoms with Crippen LogP contribution in [0.15, 0.2) is 22.7 Å². The van der Waals surface area contributed by atoms with Crippen LogP contribution in [0.25, 0.3) is 0 Å². The molecule has 1 aromatic carbocycles. The van der Waals surface area contributed by atoms with Crippen molar-refractivity contribution in [3.05, 3.63) is 27.7 Å². The van der Waals surface area contributed by atoms with Gasteiger partial charge in [0, 0.05) is 17.6 Å². The van der Waals surface area contributed by atoms with E-state index in [2.05, 4.69) is 36.7 Å². The number of amides is 1. The van der Waals surface area contributed by atoms with Gasteiger partial charge in [0.2, 0.25) is 0 Å². The van der Waals surface area contributed by atoms with E-state index < -0.39 is 0 Å². The van der Waals surface area contributed by atoms with Crippen molar-refractivity contribution in [2.75, 3.05) is 13.2 Å². The second-order valence-electron chi connectivity index (χ2n) is 8.10. The molecule has 3 rings (SSSR count). The number of halogens is 2. The lowest BCUT2D eigenvalue weighted by molar-refractivity contribution is -0.134. The zero-order valence-electron chi connectivity index (χ0n) is 13.9. The number of rotatable bonds is 3. The summed E-state index contributed by atoms with van der Waals surface area (Å²) in [7, 11) is 0. The smallest absolute Gasteiger partial charge is 0.260 e. The van der Waals surface area contributed by atoms with E-state index in [1.807, 2.05) is 4.90 Å². The minimum absolute atomic E-state index is 0.0766. The van der Waals surface area contributed by atoms with Gasteiger partial charge in [-0.2, -0.15) is 0 Å². The van der Waals surface area contributed by atoms with Gasteiger partial charge in [0.25, 0.3) is 5.91 Å². The molecule has 1 aliphatic carbocycles. The molecule has 5 heteroatoms. The maximum Gasteiger partial charge on any atom is 0.260 e. The van der Waals surface area contributed by atoms with Crippen LogP contribution in [0.3, 0.4) is 0 Å². The standard InChI is InChI=1S/C18H23BrClNO2/c1-17(2)7-13-8-18(3,10-17)11-21(13)16(22)9-23-15-5-4-12(20)6-14(15)19/h4-6,13H,7-11H2,1-3H3/t13-,18+/m1/s1. The predicted molar refractivity (Wildman–Crippen MR) is 95.9 cm³/mol. The van der Waals surface area contributed by atoms with Crippen molar-refractivity contribution in [3.63, 3.8) is 0 Å². The quantitative estimate of drug-likeness (QED) is 0.721. The number of likely N-dealkylation sites (tertiary alicyclic amines) is 1.